The van der Waals surface area contributed by atoms with Gasteiger partial charge in [0.15, 0.2) is 0 Å². The van der Waals surface area contributed by atoms with Gasteiger partial charge in [-0.05, 0) is 25.2 Å². The molecular weight excluding hydrogens is 248 g/mol. The van der Waals surface area contributed by atoms with Crippen LogP contribution in [-0.2, 0) is 13.2 Å². The fraction of sp³-hybridized carbons (Fsp3) is 0.200. The summed E-state index contributed by atoms with van der Waals surface area (Å²) in [5, 5.41) is 3.04. The normalized spacial score (nSPS) is 10.5. The van der Waals surface area contributed by atoms with E-state index < -0.39 is 11.6 Å². The molecule has 2 aromatic carbocycles. The number of hydrogen-bond donors (Lipinski definition) is 1. The fourth-order valence-corrected chi connectivity index (χ4v) is 1.78. The minimum absolute atomic E-state index is 0.0762. The van der Waals surface area contributed by atoms with Gasteiger partial charge in [0.25, 0.3) is 0 Å². The molecule has 0 bridgehead atoms. The Morgan fingerprint density at radius 2 is 1.84 bits per heavy atom. The molecule has 2 aromatic rings. The molecule has 2 nitrogen and oxygen atoms in total. The van der Waals surface area contributed by atoms with Crippen LogP contribution in [0.2, 0.25) is 0 Å². The Labute approximate surface area is 111 Å². The van der Waals surface area contributed by atoms with Crippen molar-refractivity contribution in [2.24, 2.45) is 0 Å². The molecule has 0 unspecified atom stereocenters. The third-order valence-corrected chi connectivity index (χ3v) is 2.74. The topological polar surface area (TPSA) is 21.3 Å². The summed E-state index contributed by atoms with van der Waals surface area (Å²) in [7, 11) is 1.84. The van der Waals surface area contributed by atoms with Gasteiger partial charge in [-0.3, -0.25) is 0 Å². The summed E-state index contributed by atoms with van der Waals surface area (Å²) in [6, 6.07) is 11.0. The first-order chi connectivity index (χ1) is 9.20. The average molecular weight is 263 g/mol. The lowest BCUT2D eigenvalue weighted by Crippen LogP contribution is -2.08. The second-order valence-electron chi connectivity index (χ2n) is 4.16. The highest BCUT2D eigenvalue weighted by molar-refractivity contribution is 5.33. The van der Waals surface area contributed by atoms with E-state index in [0.29, 0.717) is 17.9 Å². The molecule has 0 saturated carbocycles. The first-order valence-electron chi connectivity index (χ1n) is 6.00. The molecule has 2 rings (SSSR count). The van der Waals surface area contributed by atoms with Crippen LogP contribution in [0, 0.1) is 11.6 Å². The van der Waals surface area contributed by atoms with E-state index in [9.17, 15) is 8.78 Å². The van der Waals surface area contributed by atoms with Crippen LogP contribution in [0.15, 0.2) is 42.5 Å². The molecule has 0 spiro atoms. The van der Waals surface area contributed by atoms with Crippen LogP contribution in [-0.4, -0.2) is 7.05 Å². The van der Waals surface area contributed by atoms with E-state index in [1.807, 2.05) is 31.3 Å². The third kappa shape index (κ3) is 3.51. The SMILES string of the molecule is CNCc1ccccc1OCc1ccc(F)cc1F. The second kappa shape index (κ2) is 6.29. The number of halogens is 2. The largest absolute Gasteiger partial charge is 0.488 e. The van der Waals surface area contributed by atoms with E-state index >= 15 is 0 Å². The molecule has 0 heterocycles. The molecule has 0 atom stereocenters. The van der Waals surface area contributed by atoms with Gasteiger partial charge in [-0.25, -0.2) is 8.78 Å². The van der Waals surface area contributed by atoms with Crippen LogP contribution < -0.4 is 10.1 Å². The number of nitrogens with one attached hydrogen (secondary N) is 1. The summed E-state index contributed by atoms with van der Waals surface area (Å²) in [4.78, 5) is 0. The lowest BCUT2D eigenvalue weighted by Gasteiger charge is -2.11. The summed E-state index contributed by atoms with van der Waals surface area (Å²) in [6.45, 7) is 0.745. The fourth-order valence-electron chi connectivity index (χ4n) is 1.78. The Balaban J connectivity index is 2.10. The molecule has 0 aliphatic heterocycles. The smallest absolute Gasteiger partial charge is 0.132 e. The Bertz CT molecular complexity index is 558. The zero-order valence-corrected chi connectivity index (χ0v) is 10.6. The van der Waals surface area contributed by atoms with Crippen molar-refractivity contribution in [3.63, 3.8) is 0 Å². The molecule has 0 aliphatic carbocycles. The van der Waals surface area contributed by atoms with Crippen LogP contribution in [0.5, 0.6) is 5.75 Å². The van der Waals surface area contributed by atoms with E-state index in [2.05, 4.69) is 5.32 Å². The van der Waals surface area contributed by atoms with E-state index in [1.165, 1.54) is 12.1 Å². The maximum absolute atomic E-state index is 13.5. The molecule has 0 aliphatic rings. The number of hydrogen-bond acceptors (Lipinski definition) is 2. The van der Waals surface area contributed by atoms with E-state index in [-0.39, 0.29) is 6.61 Å². The predicted octanol–water partition coefficient (Wildman–Crippen LogP) is 3.26. The third-order valence-electron chi connectivity index (χ3n) is 2.74. The first-order valence-corrected chi connectivity index (χ1v) is 6.00. The number of para-hydroxylation sites is 1. The Morgan fingerprint density at radius 3 is 2.58 bits per heavy atom. The number of ether oxygens (including phenoxy) is 1. The van der Waals surface area contributed by atoms with E-state index in [4.69, 9.17) is 4.74 Å². The van der Waals surface area contributed by atoms with Gasteiger partial charge in [-0.15, -0.1) is 0 Å². The van der Waals surface area contributed by atoms with Gasteiger partial charge in [0.2, 0.25) is 0 Å². The van der Waals surface area contributed by atoms with Crippen LogP contribution in [0.3, 0.4) is 0 Å². The molecule has 0 saturated heterocycles. The van der Waals surface area contributed by atoms with E-state index in [1.54, 1.807) is 0 Å². The van der Waals surface area contributed by atoms with Crippen molar-refractivity contribution >= 4 is 0 Å². The van der Waals surface area contributed by atoms with Crippen molar-refractivity contribution in [1.82, 2.24) is 5.32 Å². The van der Waals surface area contributed by atoms with Crippen molar-refractivity contribution in [2.75, 3.05) is 7.05 Å². The first kappa shape index (κ1) is 13.5. The molecule has 0 fully saturated rings. The molecule has 1 N–H and O–H groups in total. The summed E-state index contributed by atoms with van der Waals surface area (Å²) in [5.74, 6) is -0.483. The van der Waals surface area contributed by atoms with Crippen molar-refractivity contribution < 1.29 is 13.5 Å². The van der Waals surface area contributed by atoms with E-state index in [0.717, 1.165) is 11.6 Å². The molecule has 0 amide bonds. The minimum Gasteiger partial charge on any atom is -0.488 e. The maximum Gasteiger partial charge on any atom is 0.132 e. The van der Waals surface area contributed by atoms with Gasteiger partial charge in [0.1, 0.15) is 24.0 Å². The summed E-state index contributed by atoms with van der Waals surface area (Å²) in [5.41, 5.74) is 1.33. The summed E-state index contributed by atoms with van der Waals surface area (Å²) >= 11 is 0. The molecule has 4 heteroatoms. The van der Waals surface area contributed by atoms with Gasteiger partial charge in [0.05, 0.1) is 0 Å². The van der Waals surface area contributed by atoms with Gasteiger partial charge in [0, 0.05) is 23.7 Å². The van der Waals surface area contributed by atoms with Crippen molar-refractivity contribution in [3.05, 3.63) is 65.2 Å². The van der Waals surface area contributed by atoms with Gasteiger partial charge in [-0.1, -0.05) is 18.2 Å². The number of rotatable bonds is 5. The highest BCUT2D eigenvalue weighted by Crippen LogP contribution is 2.20. The van der Waals surface area contributed by atoms with Crippen LogP contribution in [0.25, 0.3) is 0 Å². The Kier molecular flexibility index (Phi) is 4.47. The van der Waals surface area contributed by atoms with Gasteiger partial charge >= 0.3 is 0 Å². The Morgan fingerprint density at radius 1 is 1.05 bits per heavy atom. The van der Waals surface area contributed by atoms with Crippen LogP contribution in [0.1, 0.15) is 11.1 Å². The van der Waals surface area contributed by atoms with Crippen molar-refractivity contribution in [3.8, 4) is 5.75 Å². The van der Waals surface area contributed by atoms with Crippen molar-refractivity contribution in [1.29, 1.82) is 0 Å². The lowest BCUT2D eigenvalue weighted by molar-refractivity contribution is 0.296. The maximum atomic E-state index is 13.5. The standard InChI is InChI=1S/C15H15F2NO/c1-18-9-11-4-2-3-5-15(11)19-10-12-6-7-13(16)8-14(12)17/h2-8,18H,9-10H2,1H3. The average Bonchev–Trinajstić information content (AvgIpc) is 2.40. The zero-order chi connectivity index (χ0) is 13.7. The summed E-state index contributed by atoms with van der Waals surface area (Å²) < 4.78 is 31.8. The highest BCUT2D eigenvalue weighted by Gasteiger charge is 2.06. The monoisotopic (exact) mass is 263 g/mol. The van der Waals surface area contributed by atoms with Gasteiger partial charge in [-0.2, -0.15) is 0 Å². The van der Waals surface area contributed by atoms with Crippen molar-refractivity contribution in [2.45, 2.75) is 13.2 Å². The predicted molar refractivity (Wildman–Crippen MR) is 69.9 cm³/mol. The quantitative estimate of drug-likeness (QED) is 0.894. The lowest BCUT2D eigenvalue weighted by atomic mass is 10.2. The second-order valence-corrected chi connectivity index (χ2v) is 4.16. The molecule has 0 radical (unpaired) electrons. The molecule has 0 aromatic heterocycles. The Hall–Kier alpha value is -1.94. The minimum atomic E-state index is -0.592. The molecule has 19 heavy (non-hydrogen) atoms. The van der Waals surface area contributed by atoms with Crippen LogP contribution >= 0.6 is 0 Å². The molecule has 100 valence electrons. The highest BCUT2D eigenvalue weighted by atomic mass is 19.1. The molecular formula is C15H15F2NO. The van der Waals surface area contributed by atoms with Crippen LogP contribution in [0.4, 0.5) is 8.78 Å². The number of benzene rings is 2. The van der Waals surface area contributed by atoms with Gasteiger partial charge < -0.3 is 10.1 Å². The zero-order valence-electron chi connectivity index (χ0n) is 10.6. The summed E-state index contributed by atoms with van der Waals surface area (Å²) in [6.07, 6.45) is 0.